The Morgan fingerprint density at radius 3 is 1.30 bits per heavy atom. The van der Waals surface area contributed by atoms with Crippen molar-refractivity contribution < 1.29 is 10.2 Å². The van der Waals surface area contributed by atoms with Gasteiger partial charge in [0.2, 0.25) is 0 Å². The fourth-order valence-electron chi connectivity index (χ4n) is 5.30. The van der Waals surface area contributed by atoms with Crippen LogP contribution in [-0.4, -0.2) is 10.2 Å². The van der Waals surface area contributed by atoms with Crippen LogP contribution in [0.25, 0.3) is 0 Å². The van der Waals surface area contributed by atoms with Gasteiger partial charge in [-0.15, -0.1) is 10.2 Å². The molecule has 0 fully saturated rings. The second-order valence-corrected chi connectivity index (χ2v) is 11.2. The fraction of sp³-hybridized carbons (Fsp3) is 0.189. The Morgan fingerprint density at radius 1 is 0.442 bits per heavy atom. The number of hydrogen-bond donors (Lipinski definition) is 2. The number of azo groups is 2. The monoisotopic (exact) mass is 568 g/mol. The number of aromatic hydroxyl groups is 2. The smallest absolute Gasteiger partial charge is 0.143 e. The van der Waals surface area contributed by atoms with Gasteiger partial charge in [0.1, 0.15) is 22.9 Å². The minimum atomic E-state index is -0.0165. The van der Waals surface area contributed by atoms with E-state index in [0.717, 1.165) is 44.8 Å². The van der Waals surface area contributed by atoms with Crippen LogP contribution in [0.5, 0.6) is 11.5 Å². The summed E-state index contributed by atoms with van der Waals surface area (Å²) in [5, 5.41) is 38.2. The molecule has 0 atom stereocenters. The number of rotatable bonds is 7. The average Bonchev–Trinajstić information content (AvgIpc) is 2.98. The van der Waals surface area contributed by atoms with Gasteiger partial charge < -0.3 is 10.2 Å². The maximum atomic E-state index is 10.2. The summed E-state index contributed by atoms with van der Waals surface area (Å²) in [5.74, 6) is 0.195. The van der Waals surface area contributed by atoms with Crippen LogP contribution in [0.2, 0.25) is 0 Å². The van der Waals surface area contributed by atoms with Gasteiger partial charge in [0.15, 0.2) is 0 Å². The van der Waals surface area contributed by atoms with Crippen molar-refractivity contribution in [2.45, 2.75) is 47.5 Å². The van der Waals surface area contributed by atoms with Crippen LogP contribution in [0, 0.1) is 41.5 Å². The van der Waals surface area contributed by atoms with Gasteiger partial charge in [-0.3, -0.25) is 0 Å². The first-order valence-electron chi connectivity index (χ1n) is 14.3. The van der Waals surface area contributed by atoms with E-state index in [1.807, 2.05) is 58.0 Å². The zero-order chi connectivity index (χ0) is 30.7. The molecule has 6 nitrogen and oxygen atoms in total. The zero-order valence-electron chi connectivity index (χ0n) is 25.4. The first-order chi connectivity index (χ1) is 20.6. The number of phenols is 2. The molecule has 216 valence electrons. The molecule has 0 saturated heterocycles. The molecule has 0 aliphatic carbocycles. The van der Waals surface area contributed by atoms with E-state index in [-0.39, 0.29) is 17.4 Å². The molecule has 0 radical (unpaired) electrons. The van der Waals surface area contributed by atoms with Gasteiger partial charge in [0.25, 0.3) is 0 Å². The molecule has 0 bridgehead atoms. The van der Waals surface area contributed by atoms with Gasteiger partial charge in [0.05, 0.1) is 11.4 Å². The Bertz CT molecular complexity index is 1740. The van der Waals surface area contributed by atoms with Crippen molar-refractivity contribution in [2.75, 3.05) is 0 Å². The Morgan fingerprint density at radius 2 is 0.860 bits per heavy atom. The maximum absolute atomic E-state index is 10.2. The van der Waals surface area contributed by atoms with E-state index in [4.69, 9.17) is 0 Å². The standard InChI is InChI=1S/C37H36N4O2/c1-22-12-14-35(42)33(16-22)40-38-31-20-24(3)29(18-26(31)5)37(28-10-8-7-9-11-28)30-19-27(6)32(21-25(30)4)39-41-34-17-23(2)13-15-36(34)43/h7-21,37,42-43H,1-6H3. The van der Waals surface area contributed by atoms with Gasteiger partial charge in [0, 0.05) is 5.92 Å². The molecule has 5 aromatic carbocycles. The summed E-state index contributed by atoms with van der Waals surface area (Å²) in [6.07, 6.45) is 0. The molecular weight excluding hydrogens is 532 g/mol. The van der Waals surface area contributed by atoms with Gasteiger partial charge in [-0.1, -0.05) is 54.6 Å². The van der Waals surface area contributed by atoms with Crippen LogP contribution in [0.4, 0.5) is 22.7 Å². The van der Waals surface area contributed by atoms with E-state index in [1.165, 1.54) is 16.7 Å². The number of benzene rings is 5. The van der Waals surface area contributed by atoms with Gasteiger partial charge in [-0.25, -0.2) is 0 Å². The van der Waals surface area contributed by atoms with Crippen LogP contribution in [-0.2, 0) is 0 Å². The highest BCUT2D eigenvalue weighted by Crippen LogP contribution is 2.41. The molecule has 0 spiro atoms. The molecule has 6 heteroatoms. The lowest BCUT2D eigenvalue weighted by Crippen LogP contribution is -2.08. The third kappa shape index (κ3) is 6.54. The predicted molar refractivity (Wildman–Crippen MR) is 173 cm³/mol. The summed E-state index contributed by atoms with van der Waals surface area (Å²) in [6.45, 7) is 12.2. The van der Waals surface area contributed by atoms with E-state index in [0.29, 0.717) is 11.4 Å². The normalized spacial score (nSPS) is 12.3. The number of hydrogen-bond acceptors (Lipinski definition) is 6. The van der Waals surface area contributed by atoms with E-state index in [9.17, 15) is 10.2 Å². The summed E-state index contributed by atoms with van der Waals surface area (Å²) in [7, 11) is 0. The molecule has 2 N–H and O–H groups in total. The molecule has 0 saturated carbocycles. The lowest BCUT2D eigenvalue weighted by atomic mass is 9.80. The summed E-state index contributed by atoms with van der Waals surface area (Å²) in [4.78, 5) is 0. The Hall–Kier alpha value is -5.10. The van der Waals surface area contributed by atoms with Crippen molar-refractivity contribution >= 4 is 22.7 Å². The average molecular weight is 569 g/mol. The lowest BCUT2D eigenvalue weighted by molar-refractivity contribution is 0.475. The topological polar surface area (TPSA) is 89.9 Å². The molecule has 0 aromatic heterocycles. The molecule has 0 amide bonds. The van der Waals surface area contributed by atoms with E-state index < -0.39 is 0 Å². The lowest BCUT2D eigenvalue weighted by Gasteiger charge is -2.24. The molecule has 0 unspecified atom stereocenters. The van der Waals surface area contributed by atoms with Crippen LogP contribution in [0.15, 0.2) is 111 Å². The maximum Gasteiger partial charge on any atom is 0.143 e. The molecule has 5 rings (SSSR count). The van der Waals surface area contributed by atoms with Crippen molar-refractivity contribution in [3.63, 3.8) is 0 Å². The number of phenolic OH excluding ortho intramolecular Hbond substituents is 2. The van der Waals surface area contributed by atoms with Gasteiger partial charge in [-0.05, 0) is 128 Å². The van der Waals surface area contributed by atoms with Gasteiger partial charge >= 0.3 is 0 Å². The number of aryl methyl sites for hydroxylation is 6. The summed E-state index contributed by atoms with van der Waals surface area (Å²) in [5.41, 5.74) is 12.2. The van der Waals surface area contributed by atoms with Crippen LogP contribution >= 0.6 is 0 Å². The van der Waals surface area contributed by atoms with Crippen molar-refractivity contribution in [2.24, 2.45) is 20.5 Å². The molecule has 0 aliphatic rings. The molecule has 0 heterocycles. The summed E-state index contributed by atoms with van der Waals surface area (Å²) < 4.78 is 0. The van der Waals surface area contributed by atoms with Crippen molar-refractivity contribution in [1.29, 1.82) is 0 Å². The van der Waals surface area contributed by atoms with E-state index in [2.05, 4.69) is 82.8 Å². The molecular formula is C37H36N4O2. The molecule has 43 heavy (non-hydrogen) atoms. The Labute approximate surface area is 253 Å². The highest BCUT2D eigenvalue weighted by Gasteiger charge is 2.22. The Kier molecular flexibility index (Phi) is 8.48. The summed E-state index contributed by atoms with van der Waals surface area (Å²) in [6, 6.07) is 29.6. The van der Waals surface area contributed by atoms with Crippen molar-refractivity contribution in [3.8, 4) is 11.5 Å². The largest absolute Gasteiger partial charge is 0.506 e. The van der Waals surface area contributed by atoms with Crippen LogP contribution < -0.4 is 0 Å². The minimum absolute atomic E-state index is 0.0165. The SMILES string of the molecule is Cc1ccc(O)c(N=Nc2cc(C)c(C(c3ccccc3)c3cc(C)c(N=Nc4cc(C)ccc4O)cc3C)cc2C)c1. The van der Waals surface area contributed by atoms with Crippen LogP contribution in [0.1, 0.15) is 56.0 Å². The van der Waals surface area contributed by atoms with E-state index in [1.54, 1.807) is 12.1 Å². The summed E-state index contributed by atoms with van der Waals surface area (Å²) >= 11 is 0. The first kappa shape index (κ1) is 29.4. The highest BCUT2D eigenvalue weighted by molar-refractivity contribution is 5.60. The minimum Gasteiger partial charge on any atom is -0.506 e. The third-order valence-corrected chi connectivity index (χ3v) is 7.72. The highest BCUT2D eigenvalue weighted by atomic mass is 16.3. The second kappa shape index (κ2) is 12.4. The third-order valence-electron chi connectivity index (χ3n) is 7.72. The Balaban J connectivity index is 1.56. The zero-order valence-corrected chi connectivity index (χ0v) is 25.4. The van der Waals surface area contributed by atoms with Gasteiger partial charge in [-0.2, -0.15) is 10.2 Å². The fourth-order valence-corrected chi connectivity index (χ4v) is 5.30. The molecule has 5 aromatic rings. The van der Waals surface area contributed by atoms with Crippen LogP contribution in [0.3, 0.4) is 0 Å². The molecule has 0 aliphatic heterocycles. The number of nitrogens with zero attached hydrogens (tertiary/aromatic N) is 4. The first-order valence-corrected chi connectivity index (χ1v) is 14.3. The quantitative estimate of drug-likeness (QED) is 0.151. The van der Waals surface area contributed by atoms with E-state index >= 15 is 0 Å². The second-order valence-electron chi connectivity index (χ2n) is 11.2. The predicted octanol–water partition coefficient (Wildman–Crippen LogP) is 11.0. The van der Waals surface area contributed by atoms with Crippen molar-refractivity contribution in [3.05, 3.63) is 141 Å². The van der Waals surface area contributed by atoms with Crippen molar-refractivity contribution in [1.82, 2.24) is 0 Å².